The van der Waals surface area contributed by atoms with Crippen LogP contribution in [0.25, 0.3) is 0 Å². The van der Waals surface area contributed by atoms with Crippen molar-refractivity contribution in [2.75, 3.05) is 26.2 Å². The Kier molecular flexibility index (Phi) is 5.46. The van der Waals surface area contributed by atoms with Crippen LogP contribution in [-0.4, -0.2) is 31.1 Å². The summed E-state index contributed by atoms with van der Waals surface area (Å²) in [5, 5.41) is 3.46. The van der Waals surface area contributed by atoms with Gasteiger partial charge in [0.15, 0.2) is 0 Å². The minimum absolute atomic E-state index is 0.848. The summed E-state index contributed by atoms with van der Waals surface area (Å²) in [7, 11) is 0. The van der Waals surface area contributed by atoms with E-state index in [2.05, 4.69) is 30.1 Å². The lowest BCUT2D eigenvalue weighted by molar-refractivity contribution is 0.139. The lowest BCUT2D eigenvalue weighted by Crippen LogP contribution is -2.39. The summed E-state index contributed by atoms with van der Waals surface area (Å²) in [5.41, 5.74) is 0. The summed E-state index contributed by atoms with van der Waals surface area (Å²) < 4.78 is 5.54. The third kappa shape index (κ3) is 5.00. The predicted molar refractivity (Wildman–Crippen MR) is 79.2 cm³/mol. The average Bonchev–Trinajstić information content (AvgIpc) is 2.73. The highest BCUT2D eigenvalue weighted by Gasteiger charge is 2.20. The molecular weight excluding hydrogens is 236 g/mol. The Morgan fingerprint density at radius 2 is 2.00 bits per heavy atom. The summed E-state index contributed by atoms with van der Waals surface area (Å²) in [4.78, 5) is 2.62. The molecule has 1 aromatic heterocycles. The minimum atomic E-state index is 0.848. The number of furan rings is 1. The standard InChI is InChI=1S/C16H28N2O/c1-13-9-14(2)12-18(11-13)8-4-7-17-10-16-6-5-15(3)19-16/h5-6,13-14,17H,4,7-12H2,1-3H3. The topological polar surface area (TPSA) is 28.4 Å². The fourth-order valence-corrected chi connectivity index (χ4v) is 3.19. The molecule has 1 saturated heterocycles. The van der Waals surface area contributed by atoms with Gasteiger partial charge in [0.05, 0.1) is 6.54 Å². The number of hydrogen-bond donors (Lipinski definition) is 1. The molecule has 1 aliphatic rings. The molecular formula is C16H28N2O. The van der Waals surface area contributed by atoms with Gasteiger partial charge in [-0.25, -0.2) is 0 Å². The highest BCUT2D eigenvalue weighted by molar-refractivity contribution is 5.04. The summed E-state index contributed by atoms with van der Waals surface area (Å²) in [6, 6.07) is 4.07. The number of nitrogens with one attached hydrogen (secondary N) is 1. The summed E-state index contributed by atoms with van der Waals surface area (Å²) >= 11 is 0. The van der Waals surface area contributed by atoms with Gasteiger partial charge in [0.25, 0.3) is 0 Å². The molecule has 3 nitrogen and oxygen atoms in total. The first-order chi connectivity index (χ1) is 9.13. The first kappa shape index (κ1) is 14.6. The van der Waals surface area contributed by atoms with Crippen molar-refractivity contribution in [2.45, 2.75) is 40.2 Å². The van der Waals surface area contributed by atoms with Gasteiger partial charge in [-0.3, -0.25) is 0 Å². The van der Waals surface area contributed by atoms with Crippen molar-refractivity contribution in [1.29, 1.82) is 0 Å². The molecule has 1 N–H and O–H groups in total. The lowest BCUT2D eigenvalue weighted by atomic mass is 9.92. The van der Waals surface area contributed by atoms with Gasteiger partial charge >= 0.3 is 0 Å². The van der Waals surface area contributed by atoms with Crippen LogP contribution in [0.1, 0.15) is 38.2 Å². The highest BCUT2D eigenvalue weighted by Crippen LogP contribution is 2.20. The van der Waals surface area contributed by atoms with E-state index in [1.165, 1.54) is 32.5 Å². The molecule has 0 saturated carbocycles. The highest BCUT2D eigenvalue weighted by atomic mass is 16.3. The van der Waals surface area contributed by atoms with Crippen molar-refractivity contribution in [1.82, 2.24) is 10.2 Å². The van der Waals surface area contributed by atoms with E-state index in [0.717, 1.165) is 36.4 Å². The molecule has 0 aliphatic carbocycles. The Labute approximate surface area is 117 Å². The molecule has 0 bridgehead atoms. The molecule has 108 valence electrons. The monoisotopic (exact) mass is 264 g/mol. The van der Waals surface area contributed by atoms with Gasteiger partial charge in [-0.1, -0.05) is 13.8 Å². The first-order valence-electron chi connectivity index (χ1n) is 7.62. The quantitative estimate of drug-likeness (QED) is 0.801. The van der Waals surface area contributed by atoms with Crippen LogP contribution < -0.4 is 5.32 Å². The maximum atomic E-state index is 5.54. The van der Waals surface area contributed by atoms with Gasteiger partial charge in [0, 0.05) is 13.1 Å². The Balaban J connectivity index is 1.56. The van der Waals surface area contributed by atoms with Crippen molar-refractivity contribution >= 4 is 0 Å². The molecule has 0 spiro atoms. The second-order valence-electron chi connectivity index (χ2n) is 6.25. The molecule has 19 heavy (non-hydrogen) atoms. The maximum absolute atomic E-state index is 5.54. The average molecular weight is 264 g/mol. The van der Waals surface area contributed by atoms with E-state index >= 15 is 0 Å². The zero-order valence-corrected chi connectivity index (χ0v) is 12.6. The van der Waals surface area contributed by atoms with E-state index in [1.807, 2.05) is 13.0 Å². The first-order valence-corrected chi connectivity index (χ1v) is 7.62. The summed E-state index contributed by atoms with van der Waals surface area (Å²) in [6.45, 7) is 12.4. The molecule has 1 aromatic rings. The maximum Gasteiger partial charge on any atom is 0.117 e. The molecule has 3 heteroatoms. The molecule has 1 fully saturated rings. The number of nitrogens with zero attached hydrogens (tertiary/aromatic N) is 1. The van der Waals surface area contributed by atoms with Crippen molar-refractivity contribution in [3.05, 3.63) is 23.7 Å². The van der Waals surface area contributed by atoms with Gasteiger partial charge in [0.2, 0.25) is 0 Å². The largest absolute Gasteiger partial charge is 0.465 e. The Morgan fingerprint density at radius 3 is 2.63 bits per heavy atom. The fraction of sp³-hybridized carbons (Fsp3) is 0.750. The van der Waals surface area contributed by atoms with E-state index in [4.69, 9.17) is 4.42 Å². The van der Waals surface area contributed by atoms with Crippen LogP contribution in [0.2, 0.25) is 0 Å². The van der Waals surface area contributed by atoms with E-state index < -0.39 is 0 Å². The number of likely N-dealkylation sites (tertiary alicyclic amines) is 1. The zero-order valence-electron chi connectivity index (χ0n) is 12.6. The molecule has 0 radical (unpaired) electrons. The molecule has 1 aliphatic heterocycles. The lowest BCUT2D eigenvalue weighted by Gasteiger charge is -2.34. The molecule has 0 aromatic carbocycles. The Hall–Kier alpha value is -0.800. The van der Waals surface area contributed by atoms with Crippen molar-refractivity contribution in [2.24, 2.45) is 11.8 Å². The van der Waals surface area contributed by atoms with Crippen LogP contribution in [0.4, 0.5) is 0 Å². The Bertz CT molecular complexity index is 365. The van der Waals surface area contributed by atoms with Crippen molar-refractivity contribution in [3.8, 4) is 0 Å². The van der Waals surface area contributed by atoms with Crippen LogP contribution in [0.15, 0.2) is 16.5 Å². The number of piperidine rings is 1. The summed E-state index contributed by atoms with van der Waals surface area (Å²) in [6.07, 6.45) is 2.62. The molecule has 2 rings (SSSR count). The van der Waals surface area contributed by atoms with Crippen LogP contribution in [0, 0.1) is 18.8 Å². The molecule has 2 heterocycles. The van der Waals surface area contributed by atoms with E-state index in [1.54, 1.807) is 0 Å². The zero-order chi connectivity index (χ0) is 13.7. The number of aryl methyl sites for hydroxylation is 1. The van der Waals surface area contributed by atoms with Gasteiger partial charge in [-0.15, -0.1) is 0 Å². The molecule has 0 amide bonds. The predicted octanol–water partition coefficient (Wildman–Crippen LogP) is 3.05. The van der Waals surface area contributed by atoms with Crippen LogP contribution in [0.3, 0.4) is 0 Å². The summed E-state index contributed by atoms with van der Waals surface area (Å²) in [5.74, 6) is 3.76. The van der Waals surface area contributed by atoms with Gasteiger partial charge < -0.3 is 14.6 Å². The molecule has 2 atom stereocenters. The second-order valence-corrected chi connectivity index (χ2v) is 6.25. The normalized spacial score (nSPS) is 24.8. The molecule has 2 unspecified atom stereocenters. The van der Waals surface area contributed by atoms with Gasteiger partial charge in [-0.05, 0) is 56.8 Å². The van der Waals surface area contributed by atoms with Crippen molar-refractivity contribution in [3.63, 3.8) is 0 Å². The van der Waals surface area contributed by atoms with Crippen LogP contribution in [-0.2, 0) is 6.54 Å². The third-order valence-electron chi connectivity index (χ3n) is 3.87. The smallest absolute Gasteiger partial charge is 0.117 e. The number of hydrogen-bond acceptors (Lipinski definition) is 3. The fourth-order valence-electron chi connectivity index (χ4n) is 3.19. The van der Waals surface area contributed by atoms with E-state index in [-0.39, 0.29) is 0 Å². The van der Waals surface area contributed by atoms with Gasteiger partial charge in [-0.2, -0.15) is 0 Å². The Morgan fingerprint density at radius 1 is 1.26 bits per heavy atom. The SMILES string of the molecule is Cc1ccc(CNCCCN2CC(C)CC(C)C2)o1. The van der Waals surface area contributed by atoms with Crippen LogP contribution >= 0.6 is 0 Å². The second kappa shape index (κ2) is 7.11. The van der Waals surface area contributed by atoms with Crippen molar-refractivity contribution < 1.29 is 4.42 Å². The van der Waals surface area contributed by atoms with Crippen LogP contribution in [0.5, 0.6) is 0 Å². The van der Waals surface area contributed by atoms with E-state index in [9.17, 15) is 0 Å². The van der Waals surface area contributed by atoms with Gasteiger partial charge in [0.1, 0.15) is 11.5 Å². The minimum Gasteiger partial charge on any atom is -0.465 e. The van der Waals surface area contributed by atoms with E-state index in [0.29, 0.717) is 0 Å². The third-order valence-corrected chi connectivity index (χ3v) is 3.87. The number of rotatable bonds is 6.